The Morgan fingerprint density at radius 3 is 2.56 bits per heavy atom. The van der Waals surface area contributed by atoms with Crippen LogP contribution in [0.25, 0.3) is 0 Å². The maximum atomic E-state index is 6.97. The highest BCUT2D eigenvalue weighted by atomic mass is 32.1. The normalized spacial score (nSPS) is 8.11. The van der Waals surface area contributed by atoms with Crippen molar-refractivity contribution in [2.45, 2.75) is 0 Å². The Labute approximate surface area is 58.5 Å². The van der Waals surface area contributed by atoms with Gasteiger partial charge in [0.2, 0.25) is 5.96 Å². The average Bonchev–Trinajstić information content (AvgIpc) is 1.63. The predicted octanol–water partition coefficient (Wildman–Crippen LogP) is -1.52. The van der Waals surface area contributed by atoms with Crippen molar-refractivity contribution < 1.29 is 0 Å². The molecule has 6 N–H and O–H groups in total. The molecule has 5 nitrogen and oxygen atoms in total. The predicted molar refractivity (Wildman–Crippen MR) is 39.8 cm³/mol. The molecule has 0 unspecified atom stereocenters. The van der Waals surface area contributed by atoms with E-state index in [2.05, 4.69) is 28.4 Å². The number of rotatable bonds is 1. The van der Waals surface area contributed by atoms with Crippen LogP contribution in [0.1, 0.15) is 0 Å². The van der Waals surface area contributed by atoms with E-state index in [0.717, 1.165) is 0 Å². The molecular formula is C3H9N5S. The first-order valence-electron chi connectivity index (χ1n) is 2.24. The van der Waals surface area contributed by atoms with Crippen LogP contribution < -0.4 is 21.9 Å². The highest BCUT2D eigenvalue weighted by Gasteiger charge is 1.90. The van der Waals surface area contributed by atoms with E-state index in [1.165, 1.54) is 0 Å². The zero-order valence-corrected chi connectivity index (χ0v) is 5.80. The standard InChI is InChI=1S/C3H9N5S/c1-6-8-2(4)7-3(5)9/h6H,1H3,(H5,4,5,7,8,9). The Morgan fingerprint density at radius 1 is 1.67 bits per heavy atom. The van der Waals surface area contributed by atoms with Crippen LogP contribution in [0.4, 0.5) is 0 Å². The summed E-state index contributed by atoms with van der Waals surface area (Å²) in [6, 6.07) is 0. The third kappa shape index (κ3) is 4.98. The first kappa shape index (κ1) is 8.12. The molecular weight excluding hydrogens is 138 g/mol. The fourth-order valence-electron chi connectivity index (χ4n) is 0.279. The summed E-state index contributed by atoms with van der Waals surface area (Å²) in [6.45, 7) is 0. The Hall–Kier alpha value is -0.880. The summed E-state index contributed by atoms with van der Waals surface area (Å²) in [4.78, 5) is 0. The molecule has 0 aromatic rings. The lowest BCUT2D eigenvalue weighted by atomic mass is 10.9. The van der Waals surface area contributed by atoms with Crippen molar-refractivity contribution in [3.05, 3.63) is 0 Å². The smallest absolute Gasteiger partial charge is 0.209 e. The zero-order chi connectivity index (χ0) is 7.28. The number of nitrogens with one attached hydrogen (secondary N) is 4. The van der Waals surface area contributed by atoms with Crippen molar-refractivity contribution in [3.8, 4) is 0 Å². The van der Waals surface area contributed by atoms with Gasteiger partial charge in [-0.2, -0.15) is 0 Å². The van der Waals surface area contributed by atoms with Gasteiger partial charge in [-0.05, 0) is 12.2 Å². The minimum Gasteiger partial charge on any atom is -0.376 e. The molecule has 0 aliphatic carbocycles. The van der Waals surface area contributed by atoms with Crippen LogP contribution in [-0.2, 0) is 0 Å². The maximum absolute atomic E-state index is 6.97. The van der Waals surface area contributed by atoms with E-state index in [1.807, 2.05) is 0 Å². The van der Waals surface area contributed by atoms with Gasteiger partial charge in [-0.15, -0.1) is 0 Å². The van der Waals surface area contributed by atoms with Gasteiger partial charge in [0.25, 0.3) is 0 Å². The Balaban J connectivity index is 3.39. The lowest BCUT2D eigenvalue weighted by Gasteiger charge is -2.05. The lowest BCUT2D eigenvalue weighted by Crippen LogP contribution is -2.47. The van der Waals surface area contributed by atoms with E-state index in [0.29, 0.717) is 0 Å². The van der Waals surface area contributed by atoms with Crippen molar-refractivity contribution in [2.75, 3.05) is 7.05 Å². The van der Waals surface area contributed by atoms with Gasteiger partial charge in [-0.3, -0.25) is 10.8 Å². The highest BCUT2D eigenvalue weighted by Crippen LogP contribution is 1.55. The van der Waals surface area contributed by atoms with Crippen LogP contribution in [0, 0.1) is 5.41 Å². The van der Waals surface area contributed by atoms with Crippen LogP contribution in [0.5, 0.6) is 0 Å². The molecule has 0 aliphatic rings. The number of nitrogens with two attached hydrogens (primary N) is 1. The van der Waals surface area contributed by atoms with Crippen LogP contribution in [0.15, 0.2) is 0 Å². The third-order valence-corrected chi connectivity index (χ3v) is 0.600. The number of guanidine groups is 1. The molecule has 0 bridgehead atoms. The monoisotopic (exact) mass is 147 g/mol. The fourth-order valence-corrected chi connectivity index (χ4v) is 0.382. The topological polar surface area (TPSA) is 86.0 Å². The summed E-state index contributed by atoms with van der Waals surface area (Å²) in [5.74, 6) is 0.0324. The number of thiocarbonyl (C=S) groups is 1. The Kier molecular flexibility index (Phi) is 3.65. The molecule has 0 rings (SSSR count). The van der Waals surface area contributed by atoms with Crippen molar-refractivity contribution >= 4 is 23.3 Å². The molecule has 52 valence electrons. The molecule has 0 atom stereocenters. The van der Waals surface area contributed by atoms with Gasteiger partial charge in [0, 0.05) is 7.05 Å². The second-order valence-electron chi connectivity index (χ2n) is 1.24. The molecule has 9 heavy (non-hydrogen) atoms. The molecule has 6 heteroatoms. The first-order valence-corrected chi connectivity index (χ1v) is 2.65. The molecule has 0 radical (unpaired) electrons. The molecule has 0 aliphatic heterocycles. The van der Waals surface area contributed by atoms with Crippen molar-refractivity contribution in [3.63, 3.8) is 0 Å². The molecule has 0 heterocycles. The van der Waals surface area contributed by atoms with Gasteiger partial charge in [-0.1, -0.05) is 0 Å². The quantitative estimate of drug-likeness (QED) is 0.135. The minimum atomic E-state index is 0.0324. The van der Waals surface area contributed by atoms with Gasteiger partial charge in [0.1, 0.15) is 0 Å². The third-order valence-electron chi connectivity index (χ3n) is 0.498. The molecule has 0 fully saturated rings. The van der Waals surface area contributed by atoms with Crippen molar-refractivity contribution in [2.24, 2.45) is 5.73 Å². The van der Waals surface area contributed by atoms with Gasteiger partial charge >= 0.3 is 0 Å². The molecule has 0 amide bonds. The summed E-state index contributed by atoms with van der Waals surface area (Å²) in [5, 5.41) is 9.40. The minimum absolute atomic E-state index is 0.0324. The zero-order valence-electron chi connectivity index (χ0n) is 4.99. The van der Waals surface area contributed by atoms with Crippen LogP contribution in [-0.4, -0.2) is 18.1 Å². The SMILES string of the molecule is CNNC(=N)NC(N)=S. The molecule has 0 saturated heterocycles. The van der Waals surface area contributed by atoms with Gasteiger partial charge < -0.3 is 11.1 Å². The largest absolute Gasteiger partial charge is 0.376 e. The summed E-state index contributed by atoms with van der Waals surface area (Å²) in [7, 11) is 1.63. The summed E-state index contributed by atoms with van der Waals surface area (Å²) in [6.07, 6.45) is 0. The second-order valence-corrected chi connectivity index (χ2v) is 1.68. The van der Waals surface area contributed by atoms with E-state index >= 15 is 0 Å². The lowest BCUT2D eigenvalue weighted by molar-refractivity contribution is 0.748. The summed E-state index contributed by atoms with van der Waals surface area (Å²) in [5.41, 5.74) is 9.99. The number of hydrogen-bond acceptors (Lipinski definition) is 3. The van der Waals surface area contributed by atoms with E-state index in [1.54, 1.807) is 7.05 Å². The number of hydrazine groups is 1. The van der Waals surface area contributed by atoms with Crippen molar-refractivity contribution in [1.82, 2.24) is 16.2 Å². The van der Waals surface area contributed by atoms with Gasteiger partial charge in [-0.25, -0.2) is 5.43 Å². The van der Waals surface area contributed by atoms with Crippen LogP contribution in [0.2, 0.25) is 0 Å². The molecule has 0 spiro atoms. The van der Waals surface area contributed by atoms with Gasteiger partial charge in [0.15, 0.2) is 5.11 Å². The van der Waals surface area contributed by atoms with E-state index in [-0.39, 0.29) is 11.1 Å². The van der Waals surface area contributed by atoms with Crippen LogP contribution in [0.3, 0.4) is 0 Å². The second kappa shape index (κ2) is 4.04. The maximum Gasteiger partial charge on any atom is 0.209 e. The fraction of sp³-hybridized carbons (Fsp3) is 0.333. The number of hydrogen-bond donors (Lipinski definition) is 5. The Bertz CT molecular complexity index is 121. The van der Waals surface area contributed by atoms with E-state index in [4.69, 9.17) is 11.1 Å². The molecule has 0 aromatic heterocycles. The van der Waals surface area contributed by atoms with E-state index < -0.39 is 0 Å². The summed E-state index contributed by atoms with van der Waals surface area (Å²) >= 11 is 4.44. The molecule has 0 saturated carbocycles. The summed E-state index contributed by atoms with van der Waals surface area (Å²) < 4.78 is 0. The Morgan fingerprint density at radius 2 is 2.22 bits per heavy atom. The highest BCUT2D eigenvalue weighted by molar-refractivity contribution is 7.80. The van der Waals surface area contributed by atoms with E-state index in [9.17, 15) is 0 Å². The molecule has 0 aromatic carbocycles. The average molecular weight is 147 g/mol. The van der Waals surface area contributed by atoms with Crippen molar-refractivity contribution in [1.29, 1.82) is 5.41 Å². The van der Waals surface area contributed by atoms with Gasteiger partial charge in [0.05, 0.1) is 0 Å². The first-order chi connectivity index (χ1) is 4.16. The van der Waals surface area contributed by atoms with Crippen LogP contribution >= 0.6 is 12.2 Å².